The third-order valence-electron chi connectivity index (χ3n) is 26.6. The molecule has 1 atom stereocenters. The predicted octanol–water partition coefficient (Wildman–Crippen LogP) is 31.6. The van der Waals surface area contributed by atoms with Crippen LogP contribution in [0.25, 0.3) is 88.4 Å². The molecule has 0 spiro atoms. The fourth-order valence-electron chi connectivity index (χ4n) is 19.6. The molecule has 0 saturated heterocycles. The second-order valence-electron chi connectivity index (χ2n) is 43.7. The number of hydrogen-bond acceptors (Lipinski definition) is 5. The minimum absolute atomic E-state index is 0. The van der Waals surface area contributed by atoms with Crippen LogP contribution in [0.3, 0.4) is 0 Å². The van der Waals surface area contributed by atoms with E-state index in [9.17, 15) is 5.11 Å². The van der Waals surface area contributed by atoms with E-state index in [0.29, 0.717) is 0 Å². The molecule has 0 bridgehead atoms. The van der Waals surface area contributed by atoms with Crippen LogP contribution in [0.15, 0.2) is 377 Å². The third-order valence-corrected chi connectivity index (χ3v) is 27.1. The Hall–Kier alpha value is -11.6. The number of para-hydroxylation sites is 2. The van der Waals surface area contributed by atoms with Crippen molar-refractivity contribution >= 4 is 82.8 Å². The Bertz CT molecular complexity index is 7330. The Labute approximate surface area is 863 Å². The summed E-state index contributed by atoms with van der Waals surface area (Å²) in [5.41, 5.74) is 36.0. The van der Waals surface area contributed by atoms with Gasteiger partial charge < -0.3 is 23.9 Å². The molecule has 0 fully saturated rings. The normalized spacial score (nSPS) is 13.7. The van der Waals surface area contributed by atoms with Crippen molar-refractivity contribution in [2.45, 2.75) is 201 Å². The van der Waals surface area contributed by atoms with E-state index in [1.165, 1.54) is 144 Å². The zero-order valence-electron chi connectivity index (χ0n) is 84.3. The van der Waals surface area contributed by atoms with E-state index >= 15 is 0 Å². The Morgan fingerprint density at radius 3 is 1.13 bits per heavy atom. The number of aliphatic carboxylic acids is 1. The fraction of sp³-hybridized carbons (Fsp3) is 0.240. The predicted molar refractivity (Wildman–Crippen MR) is 576 cm³/mol. The van der Waals surface area contributed by atoms with Crippen LogP contribution < -0.4 is 39.6 Å². The van der Waals surface area contributed by atoms with Gasteiger partial charge >= 0.3 is 29.6 Å². The first kappa shape index (κ1) is 102. The second kappa shape index (κ2) is 40.3. The monoisotopic (exact) mass is 1980 g/mol. The van der Waals surface area contributed by atoms with Crippen LogP contribution in [-0.2, 0) is 75.0 Å². The second-order valence-corrected chi connectivity index (χ2v) is 44.6. The van der Waals surface area contributed by atoms with E-state index in [1.807, 2.05) is 18.2 Å². The van der Waals surface area contributed by atoms with Crippen molar-refractivity contribution in [2.24, 2.45) is 0 Å². The van der Waals surface area contributed by atoms with Crippen LogP contribution in [0.5, 0.6) is 0 Å². The van der Waals surface area contributed by atoms with Gasteiger partial charge in [0.05, 0.1) is 23.4 Å². The first-order chi connectivity index (χ1) is 64.4. The third kappa shape index (κ3) is 21.3. The zero-order chi connectivity index (χ0) is 97.0. The first-order valence-electron chi connectivity index (χ1n) is 47.7. The standard InChI is InChI=1S/C61H57NO.C33H32Br.C29H26O.C4H9O.C2H4O2.Na.Pd/c1-58(2,3)41-21-17-23-44(35-41)61(45-24-18-22-42(36-45)59(4,5)6)53-27-15-13-25-48(53)49-32-30-46(38-54(49)61)62(47-31-33-51-50-26-14-16-28-56(50)63-57(51)39-47)55-34-29-43(60(7,8)9)37-52(55)40-19-11-10-12-20-40;1-31(2,3)22-11-9-13-24(19-22)33(25-14-10-12-23(20-25)32(4,5)6)29-16-8-7-15-27(29)28-18-17-26(34)21-30(28)33;1-29(2,3)23-15-14-22(26(19-23)21-9-5-4-6-10-21)17-20-13-16-25-24-11-7-8-12-27(24)30-28(25)18-20;1-4(2,3)5;1-2(3)4;;/h10-39H,1-9H3;7-21H,1H2,2-6H3;4-16,18-19H,17H2,1-3H3;1-3H3;1H3,(H,3,4);;/q;+1;;-1;;+1;. The molecule has 1 unspecified atom stereocenters. The van der Waals surface area contributed by atoms with Crippen molar-refractivity contribution < 1.29 is 73.8 Å². The van der Waals surface area contributed by atoms with Gasteiger partial charge in [0.2, 0.25) is 0 Å². The molecule has 18 aromatic rings. The van der Waals surface area contributed by atoms with Crippen LogP contribution in [-0.4, -0.2) is 16.7 Å². The molecule has 0 aliphatic heterocycles. The minimum Gasteiger partial charge on any atom is -0.850 e. The molecule has 9 heteroatoms. The van der Waals surface area contributed by atoms with Crippen LogP contribution >= 0.6 is 15.9 Å². The molecule has 0 saturated carbocycles. The van der Waals surface area contributed by atoms with Gasteiger partial charge in [-0.25, -0.2) is 0 Å². The quantitative estimate of drug-likeness (QED) is 0.0968. The summed E-state index contributed by atoms with van der Waals surface area (Å²) < 4.78 is 13.8. The first-order valence-corrected chi connectivity index (χ1v) is 48.5. The molecule has 0 radical (unpaired) electrons. The van der Waals surface area contributed by atoms with Crippen LogP contribution in [0.1, 0.15) is 234 Å². The summed E-state index contributed by atoms with van der Waals surface area (Å²) in [6, 6.07) is 135. The topological polar surface area (TPSA) is 89.9 Å². The van der Waals surface area contributed by atoms with Crippen molar-refractivity contribution in [3.63, 3.8) is 0 Å². The fourth-order valence-corrected chi connectivity index (χ4v) is 19.9. The number of rotatable bonds is 12. The van der Waals surface area contributed by atoms with Crippen molar-refractivity contribution in [1.29, 1.82) is 0 Å². The molecule has 2 aliphatic carbocycles. The number of carboxylic acids is 1. The molecule has 138 heavy (non-hydrogen) atoms. The molecule has 2 aliphatic rings. The Morgan fingerprint density at radius 2 is 0.674 bits per heavy atom. The number of carbonyl (C=O) groups is 1. The van der Waals surface area contributed by atoms with E-state index < -0.39 is 22.4 Å². The largest absolute Gasteiger partial charge is 1.00 e. The smallest absolute Gasteiger partial charge is 0.850 e. The van der Waals surface area contributed by atoms with E-state index in [1.54, 1.807) is 20.8 Å². The summed E-state index contributed by atoms with van der Waals surface area (Å²) in [7, 11) is 0. The van der Waals surface area contributed by atoms with Crippen LogP contribution in [0.2, 0.25) is 0 Å². The number of nitrogens with zero attached hydrogens (tertiary/aromatic N) is 1. The average Bonchev–Trinajstić information content (AvgIpc) is 1.53. The van der Waals surface area contributed by atoms with Crippen molar-refractivity contribution in [2.75, 3.05) is 4.90 Å². The molecule has 6 nitrogen and oxygen atoms in total. The van der Waals surface area contributed by atoms with Gasteiger partial charge in [0.15, 0.2) is 0 Å². The number of halogens is 1. The number of benzene rings is 16. The summed E-state index contributed by atoms with van der Waals surface area (Å²) in [6.45, 7) is 49.3. The maximum absolute atomic E-state index is 10.1. The molecule has 0 amide bonds. The summed E-state index contributed by atoms with van der Waals surface area (Å²) >= 11 is 3.79. The van der Waals surface area contributed by atoms with Crippen LogP contribution in [0, 0.1) is 6.92 Å². The number of fused-ring (bicyclic) bond motifs is 12. The minimum atomic E-state index is -0.833. The summed E-state index contributed by atoms with van der Waals surface area (Å²) in [5, 5.41) is 22.1. The maximum Gasteiger partial charge on any atom is 1.00 e. The van der Waals surface area contributed by atoms with E-state index in [4.69, 9.17) is 18.7 Å². The van der Waals surface area contributed by atoms with E-state index in [2.05, 4.69) is 491 Å². The molecule has 696 valence electrons. The van der Waals surface area contributed by atoms with Gasteiger partial charge in [-0.1, -0.05) is 426 Å². The molecule has 16 aromatic carbocycles. The SMILES string of the molecule is CC(=O)O.CC(C)(C)[O-].CC(C)(C)c1ccc(Cc2ccc3c(c2)oc2ccccc23)c(-c2ccccc2)c1.CC(C)(C)c1cccc(C2(c3cccc(C(C)(C)C)c3)c3ccccc3-c3ccc(N(c4ccc5c(c4)oc4ccccc45)c4ccc(C(C)(C)C)cc4-c4ccccc4)cc32)c1.[CH2+]C(C)(C)c1cccc(C2(c3cccc(C(C)(C)C)c3)c3ccccc3-c3ccc(Br)cc32)c1.[Na+].[Pd]. The van der Waals surface area contributed by atoms with E-state index in [-0.39, 0.29) is 82.5 Å². The molecule has 2 heterocycles. The Morgan fingerprint density at radius 1 is 0.333 bits per heavy atom. The zero-order valence-corrected chi connectivity index (χ0v) is 89.4. The number of anilines is 3. The van der Waals surface area contributed by atoms with Gasteiger partial charge in [-0.2, -0.15) is 0 Å². The maximum atomic E-state index is 10.1. The van der Waals surface area contributed by atoms with Crippen LogP contribution in [0.4, 0.5) is 17.1 Å². The van der Waals surface area contributed by atoms with E-state index in [0.717, 1.165) is 68.0 Å². The number of furan rings is 2. The van der Waals surface area contributed by atoms with Gasteiger partial charge in [-0.3, -0.25) is 4.79 Å². The van der Waals surface area contributed by atoms with Crippen molar-refractivity contribution in [3.05, 3.63) is 464 Å². The number of carboxylic acid groups (broad SMARTS) is 1. The van der Waals surface area contributed by atoms with Crippen molar-refractivity contribution in [3.8, 4) is 44.5 Å². The Balaban J connectivity index is 0.000000170. The van der Waals surface area contributed by atoms with Gasteiger partial charge in [0.1, 0.15) is 27.7 Å². The summed E-state index contributed by atoms with van der Waals surface area (Å²) in [5.74, 6) is -0.833. The van der Waals surface area contributed by atoms with Gasteiger partial charge in [-0.05, 0) is 243 Å². The molecule has 1 N–H and O–H groups in total. The van der Waals surface area contributed by atoms with Crippen molar-refractivity contribution in [1.82, 2.24) is 0 Å². The molecular formula is C129H128BrNNaO5Pd+. The van der Waals surface area contributed by atoms with Gasteiger partial charge in [0, 0.05) is 81.9 Å². The summed E-state index contributed by atoms with van der Waals surface area (Å²) in [4.78, 5) is 11.5. The van der Waals surface area contributed by atoms with Gasteiger partial charge in [0.25, 0.3) is 5.97 Å². The Kier molecular flexibility index (Phi) is 29.9. The van der Waals surface area contributed by atoms with Gasteiger partial charge in [-0.15, -0.1) is 5.60 Å². The molecule has 20 rings (SSSR count). The molecule has 2 aromatic heterocycles. The number of hydrogen-bond donors (Lipinski definition) is 1. The summed E-state index contributed by atoms with van der Waals surface area (Å²) in [6.07, 6.45) is 0.877. The average molecular weight is 1980 g/mol. The molecular weight excluding hydrogens is 1850 g/mol.